The molecule has 12 nitrogen and oxygen atoms in total. The summed E-state index contributed by atoms with van der Waals surface area (Å²) in [7, 11) is 0. The van der Waals surface area contributed by atoms with Crippen LogP contribution in [0.25, 0.3) is 0 Å². The number of nitrogens with zero attached hydrogens (tertiary/aromatic N) is 4. The zero-order valence-electron chi connectivity index (χ0n) is 23.3. The van der Waals surface area contributed by atoms with E-state index in [0.29, 0.717) is 34.7 Å². The first-order valence-electron chi connectivity index (χ1n) is 13.4. The number of hydrogen-bond acceptors (Lipinski definition) is 8. The van der Waals surface area contributed by atoms with Gasteiger partial charge in [0.2, 0.25) is 0 Å². The SMILES string of the molecule is O=C1c2c(O)c(O)cc(=O)n2CCN1Cc1ccc(Cl)c(Cl)c1.O=C1c2c(O)c(O)cc(=O)n2CCN1Cc1ccc(Cl)cc1. The topological polar surface area (TPSA) is 166 Å². The van der Waals surface area contributed by atoms with Crippen LogP contribution in [-0.4, -0.2) is 64.3 Å². The van der Waals surface area contributed by atoms with Gasteiger partial charge in [-0.1, -0.05) is 53.0 Å². The summed E-state index contributed by atoms with van der Waals surface area (Å²) in [5.74, 6) is -3.37. The Hall–Kier alpha value is -4.65. The maximum atomic E-state index is 12.5. The van der Waals surface area contributed by atoms with E-state index in [0.717, 1.165) is 27.8 Å². The summed E-state index contributed by atoms with van der Waals surface area (Å²) in [5.41, 5.74) is 0.227. The molecule has 0 aliphatic carbocycles. The van der Waals surface area contributed by atoms with E-state index in [9.17, 15) is 39.6 Å². The average Bonchev–Trinajstić information content (AvgIpc) is 3.00. The lowest BCUT2D eigenvalue weighted by Crippen LogP contribution is -2.43. The minimum absolute atomic E-state index is 0.176. The Morgan fingerprint density at radius 3 is 1.47 bits per heavy atom. The molecule has 0 saturated carbocycles. The number of pyridine rings is 2. The predicted octanol–water partition coefficient (Wildman–Crippen LogP) is 3.79. The van der Waals surface area contributed by atoms with Crippen molar-refractivity contribution in [2.24, 2.45) is 0 Å². The molecule has 0 bridgehead atoms. The van der Waals surface area contributed by atoms with Crippen LogP contribution < -0.4 is 11.1 Å². The fourth-order valence-corrected chi connectivity index (χ4v) is 5.48. The highest BCUT2D eigenvalue weighted by atomic mass is 35.5. The van der Waals surface area contributed by atoms with Crippen molar-refractivity contribution in [2.75, 3.05) is 13.1 Å². The summed E-state index contributed by atoms with van der Waals surface area (Å²) in [6.07, 6.45) is 0. The lowest BCUT2D eigenvalue weighted by atomic mass is 10.1. The van der Waals surface area contributed by atoms with Crippen molar-refractivity contribution >= 4 is 46.6 Å². The Morgan fingerprint density at radius 2 is 1.00 bits per heavy atom. The minimum Gasteiger partial charge on any atom is -0.504 e. The lowest BCUT2D eigenvalue weighted by Gasteiger charge is -2.30. The standard InChI is InChI=1S/C15H12Cl2N2O4.C15H13ClN2O4/c16-9-2-1-8(5-10(9)17)7-18-3-4-19-12(21)6-11(20)14(22)13(19)15(18)23;16-10-3-1-9(2-4-10)8-17-5-6-18-12(20)7-11(19)14(21)13(18)15(17)22/h1-2,5-6,20,22H,3-4,7H2;1-4,7,19,21H,5-6,8H2. The number of benzene rings is 2. The van der Waals surface area contributed by atoms with Crippen LogP contribution >= 0.6 is 34.8 Å². The van der Waals surface area contributed by atoms with Crippen LogP contribution in [0, 0.1) is 0 Å². The van der Waals surface area contributed by atoms with Gasteiger partial charge in [-0.15, -0.1) is 0 Å². The van der Waals surface area contributed by atoms with E-state index in [1.165, 1.54) is 14.4 Å². The second kappa shape index (κ2) is 12.8. The molecule has 15 heteroatoms. The number of carbonyl (C=O) groups excluding carboxylic acids is 2. The molecule has 4 aromatic rings. The predicted molar refractivity (Wildman–Crippen MR) is 165 cm³/mol. The zero-order chi connectivity index (χ0) is 32.6. The number of hydrogen-bond donors (Lipinski definition) is 4. The van der Waals surface area contributed by atoms with Gasteiger partial charge in [0, 0.05) is 56.4 Å². The molecule has 0 saturated heterocycles. The number of halogens is 3. The number of fused-ring (bicyclic) bond motifs is 2. The summed E-state index contributed by atoms with van der Waals surface area (Å²) in [6.45, 7) is 1.73. The third kappa shape index (κ3) is 6.44. The maximum absolute atomic E-state index is 12.5. The first kappa shape index (κ1) is 31.8. The molecule has 2 aromatic carbocycles. The highest BCUT2D eigenvalue weighted by Crippen LogP contribution is 2.31. The summed E-state index contributed by atoms with van der Waals surface area (Å²) in [4.78, 5) is 51.6. The summed E-state index contributed by atoms with van der Waals surface area (Å²) < 4.78 is 2.33. The van der Waals surface area contributed by atoms with Crippen LogP contribution in [0.15, 0.2) is 64.2 Å². The summed E-state index contributed by atoms with van der Waals surface area (Å²) >= 11 is 17.7. The van der Waals surface area contributed by atoms with Gasteiger partial charge in [0.15, 0.2) is 34.4 Å². The van der Waals surface area contributed by atoms with E-state index < -0.39 is 45.9 Å². The monoisotopic (exact) mass is 674 g/mol. The van der Waals surface area contributed by atoms with Crippen molar-refractivity contribution in [3.05, 3.63) is 113 Å². The zero-order valence-corrected chi connectivity index (χ0v) is 25.6. The van der Waals surface area contributed by atoms with Crippen molar-refractivity contribution in [3.63, 3.8) is 0 Å². The first-order chi connectivity index (χ1) is 21.3. The molecule has 0 atom stereocenters. The summed E-state index contributed by atoms with van der Waals surface area (Å²) in [6, 6.07) is 13.9. The van der Waals surface area contributed by atoms with Crippen LogP contribution in [0.4, 0.5) is 0 Å². The number of rotatable bonds is 4. The minimum atomic E-state index is -0.606. The smallest absolute Gasteiger partial charge is 0.274 e. The largest absolute Gasteiger partial charge is 0.504 e. The molecule has 4 heterocycles. The fraction of sp³-hybridized carbons (Fsp3) is 0.200. The molecule has 0 spiro atoms. The quantitative estimate of drug-likeness (QED) is 0.254. The van der Waals surface area contributed by atoms with Crippen molar-refractivity contribution in [2.45, 2.75) is 26.2 Å². The molecule has 2 aliphatic heterocycles. The van der Waals surface area contributed by atoms with E-state index in [1.807, 2.05) is 0 Å². The molecule has 45 heavy (non-hydrogen) atoms. The normalized spacial score (nSPS) is 14.0. The van der Waals surface area contributed by atoms with Crippen molar-refractivity contribution in [1.29, 1.82) is 0 Å². The van der Waals surface area contributed by atoms with Crippen LogP contribution in [-0.2, 0) is 26.2 Å². The maximum Gasteiger partial charge on any atom is 0.274 e. The Balaban J connectivity index is 0.000000178. The molecule has 0 unspecified atom stereocenters. The third-order valence-corrected chi connectivity index (χ3v) is 8.33. The molecule has 0 radical (unpaired) electrons. The molecule has 0 fully saturated rings. The molecular weight excluding hydrogens is 651 g/mol. The molecule has 2 aromatic heterocycles. The molecule has 2 aliphatic rings. The van der Waals surface area contributed by atoms with Gasteiger partial charge in [-0.05, 0) is 35.4 Å². The fourth-order valence-electron chi connectivity index (χ4n) is 5.04. The van der Waals surface area contributed by atoms with Gasteiger partial charge in [-0.2, -0.15) is 0 Å². The molecule has 6 rings (SSSR count). The van der Waals surface area contributed by atoms with E-state index in [2.05, 4.69) is 0 Å². The van der Waals surface area contributed by atoms with Crippen molar-refractivity contribution in [3.8, 4) is 23.0 Å². The van der Waals surface area contributed by atoms with Crippen molar-refractivity contribution in [1.82, 2.24) is 18.9 Å². The van der Waals surface area contributed by atoms with Crippen molar-refractivity contribution < 1.29 is 30.0 Å². The van der Waals surface area contributed by atoms with Gasteiger partial charge in [0.25, 0.3) is 22.9 Å². The Bertz CT molecular complexity index is 1940. The van der Waals surface area contributed by atoms with E-state index in [1.54, 1.807) is 42.5 Å². The van der Waals surface area contributed by atoms with Crippen LogP contribution in [0.5, 0.6) is 23.0 Å². The van der Waals surface area contributed by atoms with Gasteiger partial charge in [-0.3, -0.25) is 28.3 Å². The van der Waals surface area contributed by atoms with Gasteiger partial charge in [-0.25, -0.2) is 0 Å². The molecule has 2 amide bonds. The number of amides is 2. The Labute approximate surface area is 270 Å². The highest BCUT2D eigenvalue weighted by molar-refractivity contribution is 6.42. The van der Waals surface area contributed by atoms with Gasteiger partial charge in [0.05, 0.1) is 10.0 Å². The van der Waals surface area contributed by atoms with E-state index in [-0.39, 0.29) is 31.0 Å². The highest BCUT2D eigenvalue weighted by Gasteiger charge is 2.31. The van der Waals surface area contributed by atoms with Gasteiger partial charge < -0.3 is 30.2 Å². The third-order valence-electron chi connectivity index (χ3n) is 7.34. The van der Waals surface area contributed by atoms with E-state index >= 15 is 0 Å². The molecule has 4 N–H and O–H groups in total. The second-order valence-electron chi connectivity index (χ2n) is 10.3. The second-order valence-corrected chi connectivity index (χ2v) is 11.5. The Morgan fingerprint density at radius 1 is 0.556 bits per heavy atom. The summed E-state index contributed by atoms with van der Waals surface area (Å²) in [5, 5.41) is 40.3. The average molecular weight is 676 g/mol. The number of aromatic hydroxyl groups is 4. The van der Waals surface area contributed by atoms with Gasteiger partial charge >= 0.3 is 0 Å². The number of carbonyl (C=O) groups is 2. The van der Waals surface area contributed by atoms with Crippen LogP contribution in [0.1, 0.15) is 32.1 Å². The van der Waals surface area contributed by atoms with Gasteiger partial charge in [0.1, 0.15) is 0 Å². The van der Waals surface area contributed by atoms with Crippen LogP contribution in [0.3, 0.4) is 0 Å². The molecular formula is C30H25Cl3N4O8. The number of aromatic nitrogens is 2. The van der Waals surface area contributed by atoms with E-state index in [4.69, 9.17) is 34.8 Å². The lowest BCUT2D eigenvalue weighted by molar-refractivity contribution is 0.0673. The first-order valence-corrected chi connectivity index (χ1v) is 14.6. The molecule has 234 valence electrons. The van der Waals surface area contributed by atoms with Crippen LogP contribution in [0.2, 0.25) is 15.1 Å². The Kier molecular flexibility index (Phi) is 9.01.